The molecule has 1 fully saturated rings. The van der Waals surface area contributed by atoms with E-state index in [0.29, 0.717) is 12.5 Å². The molecule has 0 aliphatic heterocycles. The number of amides is 1. The van der Waals surface area contributed by atoms with Crippen molar-refractivity contribution in [3.63, 3.8) is 0 Å². The lowest BCUT2D eigenvalue weighted by atomic mass is 9.74. The molecule has 0 aromatic rings. The van der Waals surface area contributed by atoms with E-state index in [2.05, 4.69) is 13.8 Å². The van der Waals surface area contributed by atoms with Crippen LogP contribution in [0.5, 0.6) is 0 Å². The Morgan fingerprint density at radius 1 is 1.44 bits per heavy atom. The lowest BCUT2D eigenvalue weighted by Crippen LogP contribution is -2.46. The van der Waals surface area contributed by atoms with E-state index in [1.54, 1.807) is 0 Å². The van der Waals surface area contributed by atoms with Crippen molar-refractivity contribution in [1.29, 1.82) is 0 Å². The Bertz CT molecular complexity index is 233. The SMILES string of the molecule is CC(C)C1CCC(CN)(OCC(N)=O)CC1. The molecule has 0 atom stereocenters. The highest BCUT2D eigenvalue weighted by Crippen LogP contribution is 2.37. The molecule has 0 bridgehead atoms. The monoisotopic (exact) mass is 228 g/mol. The fraction of sp³-hybridized carbons (Fsp3) is 0.917. The first-order chi connectivity index (χ1) is 7.49. The second-order valence-corrected chi connectivity index (χ2v) is 5.22. The lowest BCUT2D eigenvalue weighted by molar-refractivity contribution is -0.133. The van der Waals surface area contributed by atoms with Crippen molar-refractivity contribution in [1.82, 2.24) is 0 Å². The first-order valence-electron chi connectivity index (χ1n) is 6.11. The summed E-state index contributed by atoms with van der Waals surface area (Å²) in [6.45, 7) is 4.98. The van der Waals surface area contributed by atoms with Gasteiger partial charge in [0.15, 0.2) is 0 Å². The number of nitrogens with two attached hydrogens (primary N) is 2. The molecule has 0 aromatic heterocycles. The highest BCUT2D eigenvalue weighted by Gasteiger charge is 2.36. The summed E-state index contributed by atoms with van der Waals surface area (Å²) in [5, 5.41) is 0. The molecular formula is C12H24N2O2. The Hall–Kier alpha value is -0.610. The number of hydrogen-bond acceptors (Lipinski definition) is 3. The van der Waals surface area contributed by atoms with Gasteiger partial charge in [0.05, 0.1) is 5.60 Å². The largest absolute Gasteiger partial charge is 0.368 e. The van der Waals surface area contributed by atoms with Gasteiger partial charge < -0.3 is 16.2 Å². The van der Waals surface area contributed by atoms with Gasteiger partial charge in [0.1, 0.15) is 6.61 Å². The summed E-state index contributed by atoms with van der Waals surface area (Å²) in [4.78, 5) is 10.7. The van der Waals surface area contributed by atoms with E-state index in [0.717, 1.165) is 31.6 Å². The molecule has 0 saturated heterocycles. The maximum atomic E-state index is 10.7. The van der Waals surface area contributed by atoms with Gasteiger partial charge in [-0.15, -0.1) is 0 Å². The van der Waals surface area contributed by atoms with Crippen LogP contribution in [0, 0.1) is 11.8 Å². The van der Waals surface area contributed by atoms with Gasteiger partial charge in [-0.3, -0.25) is 4.79 Å². The molecule has 4 nitrogen and oxygen atoms in total. The van der Waals surface area contributed by atoms with Crippen molar-refractivity contribution in [3.8, 4) is 0 Å². The minimum Gasteiger partial charge on any atom is -0.368 e. The molecule has 1 aliphatic rings. The van der Waals surface area contributed by atoms with Crippen molar-refractivity contribution in [2.45, 2.75) is 45.1 Å². The van der Waals surface area contributed by atoms with Crippen LogP contribution in [0.3, 0.4) is 0 Å². The van der Waals surface area contributed by atoms with Crippen LogP contribution in [0.25, 0.3) is 0 Å². The van der Waals surface area contributed by atoms with E-state index in [9.17, 15) is 4.79 Å². The molecule has 1 aliphatic carbocycles. The van der Waals surface area contributed by atoms with E-state index in [-0.39, 0.29) is 12.2 Å². The lowest BCUT2D eigenvalue weighted by Gasteiger charge is -2.40. The zero-order valence-electron chi connectivity index (χ0n) is 10.4. The summed E-state index contributed by atoms with van der Waals surface area (Å²) in [5.41, 5.74) is 10.6. The molecule has 1 saturated carbocycles. The number of rotatable bonds is 5. The van der Waals surface area contributed by atoms with Crippen LogP contribution in [0.15, 0.2) is 0 Å². The Morgan fingerprint density at radius 3 is 2.38 bits per heavy atom. The summed E-state index contributed by atoms with van der Waals surface area (Å²) in [6, 6.07) is 0. The Labute approximate surface area is 97.7 Å². The molecule has 0 spiro atoms. The van der Waals surface area contributed by atoms with E-state index >= 15 is 0 Å². The zero-order valence-corrected chi connectivity index (χ0v) is 10.4. The summed E-state index contributed by atoms with van der Waals surface area (Å²) in [6.07, 6.45) is 4.15. The topological polar surface area (TPSA) is 78.3 Å². The van der Waals surface area contributed by atoms with Gasteiger partial charge in [0, 0.05) is 6.54 Å². The third-order valence-electron chi connectivity index (χ3n) is 3.78. The second kappa shape index (κ2) is 5.64. The second-order valence-electron chi connectivity index (χ2n) is 5.22. The van der Waals surface area contributed by atoms with Gasteiger partial charge in [0.25, 0.3) is 0 Å². The van der Waals surface area contributed by atoms with Gasteiger partial charge in [-0.2, -0.15) is 0 Å². The van der Waals surface area contributed by atoms with Crippen molar-refractivity contribution >= 4 is 5.91 Å². The molecule has 1 amide bonds. The Morgan fingerprint density at radius 2 is 2.00 bits per heavy atom. The summed E-state index contributed by atoms with van der Waals surface area (Å²) >= 11 is 0. The molecule has 0 radical (unpaired) electrons. The predicted octanol–water partition coefficient (Wildman–Crippen LogP) is 1.03. The number of ether oxygens (including phenoxy) is 1. The molecule has 0 heterocycles. The number of carbonyl (C=O) groups excluding carboxylic acids is 1. The number of primary amides is 1. The molecular weight excluding hydrogens is 204 g/mol. The molecule has 0 aromatic carbocycles. The zero-order chi connectivity index (χ0) is 12.2. The minimum absolute atomic E-state index is 0.0104. The van der Waals surface area contributed by atoms with Gasteiger partial charge in [-0.25, -0.2) is 0 Å². The first kappa shape index (κ1) is 13.5. The van der Waals surface area contributed by atoms with Crippen LogP contribution in [-0.2, 0) is 9.53 Å². The maximum absolute atomic E-state index is 10.7. The summed E-state index contributed by atoms with van der Waals surface area (Å²) in [7, 11) is 0. The van der Waals surface area contributed by atoms with Gasteiger partial charge in [0.2, 0.25) is 5.91 Å². The van der Waals surface area contributed by atoms with Crippen LogP contribution >= 0.6 is 0 Å². The third-order valence-corrected chi connectivity index (χ3v) is 3.78. The molecule has 4 heteroatoms. The highest BCUT2D eigenvalue weighted by molar-refractivity contribution is 5.75. The normalized spacial score (nSPS) is 30.6. The van der Waals surface area contributed by atoms with E-state index in [4.69, 9.17) is 16.2 Å². The van der Waals surface area contributed by atoms with Crippen LogP contribution in [0.1, 0.15) is 39.5 Å². The van der Waals surface area contributed by atoms with Crippen molar-refractivity contribution in [3.05, 3.63) is 0 Å². The van der Waals surface area contributed by atoms with Crippen LogP contribution in [0.4, 0.5) is 0 Å². The van der Waals surface area contributed by atoms with E-state index in [1.165, 1.54) is 0 Å². The van der Waals surface area contributed by atoms with Crippen molar-refractivity contribution in [2.24, 2.45) is 23.3 Å². The fourth-order valence-electron chi connectivity index (χ4n) is 2.46. The maximum Gasteiger partial charge on any atom is 0.243 e. The molecule has 94 valence electrons. The van der Waals surface area contributed by atoms with Crippen LogP contribution in [0.2, 0.25) is 0 Å². The van der Waals surface area contributed by atoms with E-state index < -0.39 is 5.91 Å². The standard InChI is InChI=1S/C12H24N2O2/c1-9(2)10-3-5-12(8-13,6-4-10)16-7-11(14)15/h9-10H,3-8,13H2,1-2H3,(H2,14,15). The minimum atomic E-state index is -0.418. The highest BCUT2D eigenvalue weighted by atomic mass is 16.5. The fourth-order valence-corrected chi connectivity index (χ4v) is 2.46. The molecule has 1 rings (SSSR count). The smallest absolute Gasteiger partial charge is 0.243 e. The molecule has 16 heavy (non-hydrogen) atoms. The van der Waals surface area contributed by atoms with Gasteiger partial charge >= 0.3 is 0 Å². The Kier molecular flexibility index (Phi) is 4.74. The van der Waals surface area contributed by atoms with Gasteiger partial charge in [-0.05, 0) is 37.5 Å². The average Bonchev–Trinajstić information content (AvgIpc) is 2.27. The van der Waals surface area contributed by atoms with Crippen molar-refractivity contribution in [2.75, 3.05) is 13.2 Å². The average molecular weight is 228 g/mol. The molecule has 4 N–H and O–H groups in total. The first-order valence-corrected chi connectivity index (χ1v) is 6.11. The number of hydrogen-bond donors (Lipinski definition) is 2. The van der Waals surface area contributed by atoms with E-state index in [1.807, 2.05) is 0 Å². The van der Waals surface area contributed by atoms with Gasteiger partial charge in [-0.1, -0.05) is 13.8 Å². The third kappa shape index (κ3) is 3.46. The van der Waals surface area contributed by atoms with Crippen LogP contribution in [-0.4, -0.2) is 24.7 Å². The predicted molar refractivity (Wildman–Crippen MR) is 63.7 cm³/mol. The van der Waals surface area contributed by atoms with Crippen molar-refractivity contribution < 1.29 is 9.53 Å². The Balaban J connectivity index is 2.48. The van der Waals surface area contributed by atoms with Crippen LogP contribution < -0.4 is 11.5 Å². The molecule has 0 unspecified atom stereocenters. The summed E-state index contributed by atoms with van der Waals surface area (Å²) < 4.78 is 5.61. The quantitative estimate of drug-likeness (QED) is 0.737. The summed E-state index contributed by atoms with van der Waals surface area (Å²) in [5.74, 6) is 1.06. The number of carbonyl (C=O) groups is 1.